The maximum Gasteiger partial charge on any atom is 0.241 e. The molecular weight excluding hydrogens is 258 g/mol. The van der Waals surface area contributed by atoms with Crippen LogP contribution in [0.4, 0.5) is 0 Å². The van der Waals surface area contributed by atoms with E-state index in [1.807, 2.05) is 26.0 Å². The van der Waals surface area contributed by atoms with Gasteiger partial charge >= 0.3 is 0 Å². The Morgan fingerprint density at radius 2 is 1.84 bits per heavy atom. The fourth-order valence-electron chi connectivity index (χ4n) is 2.35. The Bertz CT molecular complexity index is 558. The summed E-state index contributed by atoms with van der Waals surface area (Å²) in [5.41, 5.74) is 2.27. The minimum Gasteiger partial charge on any atom is -0.207 e. The van der Waals surface area contributed by atoms with Crippen molar-refractivity contribution in [1.82, 2.24) is 4.72 Å². The van der Waals surface area contributed by atoms with Crippen molar-refractivity contribution < 1.29 is 8.42 Å². The van der Waals surface area contributed by atoms with Crippen molar-refractivity contribution >= 4 is 10.0 Å². The lowest BCUT2D eigenvalue weighted by molar-refractivity contribution is 0.563. The molecule has 0 saturated heterocycles. The molecule has 0 bridgehead atoms. The quantitative estimate of drug-likeness (QED) is 0.861. The van der Waals surface area contributed by atoms with Gasteiger partial charge in [0.25, 0.3) is 0 Å². The molecule has 1 atom stereocenters. The Morgan fingerprint density at radius 3 is 2.42 bits per heavy atom. The van der Waals surface area contributed by atoms with Gasteiger partial charge in [0.05, 0.1) is 4.90 Å². The molecule has 0 radical (unpaired) electrons. The normalized spacial score (nSPS) is 17.9. The average molecular weight is 279 g/mol. The van der Waals surface area contributed by atoms with Crippen molar-refractivity contribution in [3.05, 3.63) is 41.5 Å². The Labute approximate surface area is 115 Å². The number of nitrogens with one attached hydrogen (secondary N) is 1. The van der Waals surface area contributed by atoms with E-state index in [9.17, 15) is 8.42 Å². The van der Waals surface area contributed by atoms with Gasteiger partial charge in [0.2, 0.25) is 10.0 Å². The summed E-state index contributed by atoms with van der Waals surface area (Å²) in [6.07, 6.45) is 6.60. The lowest BCUT2D eigenvalue weighted by Crippen LogP contribution is -2.34. The molecule has 0 amide bonds. The summed E-state index contributed by atoms with van der Waals surface area (Å²) >= 11 is 0. The second-order valence-electron chi connectivity index (χ2n) is 5.18. The first-order valence-electron chi connectivity index (χ1n) is 6.77. The van der Waals surface area contributed by atoms with Crippen molar-refractivity contribution in [2.45, 2.75) is 50.5 Å². The number of benzene rings is 1. The highest BCUT2D eigenvalue weighted by Crippen LogP contribution is 2.21. The molecule has 1 aliphatic rings. The molecule has 3 nitrogen and oxygen atoms in total. The van der Waals surface area contributed by atoms with E-state index in [1.165, 1.54) is 12.0 Å². The number of sulfonamides is 1. The van der Waals surface area contributed by atoms with Gasteiger partial charge in [-0.1, -0.05) is 29.3 Å². The largest absolute Gasteiger partial charge is 0.241 e. The van der Waals surface area contributed by atoms with E-state index in [1.54, 1.807) is 12.1 Å². The van der Waals surface area contributed by atoms with E-state index in [2.05, 4.69) is 10.8 Å². The van der Waals surface area contributed by atoms with Gasteiger partial charge < -0.3 is 0 Å². The first kappa shape index (κ1) is 14.3. The fraction of sp³-hybridized carbons (Fsp3) is 0.467. The summed E-state index contributed by atoms with van der Waals surface area (Å²) in [6.45, 7) is 3.86. The van der Waals surface area contributed by atoms with Crippen molar-refractivity contribution in [3.8, 4) is 0 Å². The number of aryl methyl sites for hydroxylation is 1. The molecule has 19 heavy (non-hydrogen) atoms. The summed E-state index contributed by atoms with van der Waals surface area (Å²) in [6, 6.07) is 6.82. The molecule has 0 saturated carbocycles. The van der Waals surface area contributed by atoms with Crippen LogP contribution in [0.3, 0.4) is 0 Å². The fourth-order valence-corrected chi connectivity index (χ4v) is 3.60. The number of allylic oxidation sites excluding steroid dienone is 1. The van der Waals surface area contributed by atoms with Crippen LogP contribution >= 0.6 is 0 Å². The second-order valence-corrected chi connectivity index (χ2v) is 6.89. The molecule has 0 heterocycles. The SMILES string of the molecule is Cc1ccc(S(=O)(=O)N[C@@H](C)C2=CCCCC2)cc1. The summed E-state index contributed by atoms with van der Waals surface area (Å²) in [5, 5.41) is 0. The molecule has 0 fully saturated rings. The van der Waals surface area contributed by atoms with Gasteiger partial charge in [0, 0.05) is 6.04 Å². The van der Waals surface area contributed by atoms with Crippen LogP contribution in [0.5, 0.6) is 0 Å². The van der Waals surface area contributed by atoms with Crippen molar-refractivity contribution in [3.63, 3.8) is 0 Å². The van der Waals surface area contributed by atoms with Gasteiger partial charge in [0.1, 0.15) is 0 Å². The van der Waals surface area contributed by atoms with Crippen LogP contribution in [0.25, 0.3) is 0 Å². The van der Waals surface area contributed by atoms with Crippen LogP contribution in [-0.2, 0) is 10.0 Å². The monoisotopic (exact) mass is 279 g/mol. The van der Waals surface area contributed by atoms with Crippen LogP contribution in [0.2, 0.25) is 0 Å². The minimum atomic E-state index is -3.42. The molecular formula is C15H21NO2S. The van der Waals surface area contributed by atoms with Crippen molar-refractivity contribution in [1.29, 1.82) is 0 Å². The van der Waals surface area contributed by atoms with Crippen LogP contribution in [0.15, 0.2) is 40.8 Å². The van der Waals surface area contributed by atoms with E-state index in [0.717, 1.165) is 24.8 Å². The molecule has 1 aromatic rings. The molecule has 2 rings (SSSR count). The van der Waals surface area contributed by atoms with Gasteiger partial charge in [-0.25, -0.2) is 13.1 Å². The van der Waals surface area contributed by atoms with E-state index in [0.29, 0.717) is 4.90 Å². The topological polar surface area (TPSA) is 46.2 Å². The van der Waals surface area contributed by atoms with Crippen LogP contribution in [0, 0.1) is 6.92 Å². The molecule has 0 unspecified atom stereocenters. The zero-order valence-corrected chi connectivity index (χ0v) is 12.3. The van der Waals surface area contributed by atoms with Gasteiger partial charge in [-0.3, -0.25) is 0 Å². The van der Waals surface area contributed by atoms with E-state index in [-0.39, 0.29) is 6.04 Å². The molecule has 4 heteroatoms. The third-order valence-electron chi connectivity index (χ3n) is 3.55. The number of rotatable bonds is 4. The van der Waals surface area contributed by atoms with Crippen LogP contribution in [-0.4, -0.2) is 14.5 Å². The van der Waals surface area contributed by atoms with E-state index in [4.69, 9.17) is 0 Å². The van der Waals surface area contributed by atoms with Crippen molar-refractivity contribution in [2.24, 2.45) is 0 Å². The second kappa shape index (κ2) is 5.88. The van der Waals surface area contributed by atoms with Crippen molar-refractivity contribution in [2.75, 3.05) is 0 Å². The average Bonchev–Trinajstić information content (AvgIpc) is 2.40. The highest BCUT2D eigenvalue weighted by atomic mass is 32.2. The smallest absolute Gasteiger partial charge is 0.207 e. The Kier molecular flexibility index (Phi) is 4.42. The first-order chi connectivity index (χ1) is 8.99. The summed E-state index contributed by atoms with van der Waals surface area (Å²) in [7, 11) is -3.42. The minimum absolute atomic E-state index is 0.119. The molecule has 0 spiro atoms. The molecule has 104 valence electrons. The number of hydrogen-bond donors (Lipinski definition) is 1. The van der Waals surface area contributed by atoms with Gasteiger partial charge in [-0.2, -0.15) is 0 Å². The number of hydrogen-bond acceptors (Lipinski definition) is 2. The Morgan fingerprint density at radius 1 is 1.16 bits per heavy atom. The standard InChI is InChI=1S/C15H21NO2S/c1-12-8-10-15(11-9-12)19(17,18)16-13(2)14-6-4-3-5-7-14/h6,8-11,13,16H,3-5,7H2,1-2H3/t13-/m0/s1. The van der Waals surface area contributed by atoms with Gasteiger partial charge in [-0.15, -0.1) is 0 Å². The molecule has 0 aliphatic heterocycles. The summed E-state index contributed by atoms with van der Waals surface area (Å²) in [5.74, 6) is 0. The van der Waals surface area contributed by atoms with Gasteiger partial charge in [-0.05, 0) is 51.7 Å². The molecule has 1 N–H and O–H groups in total. The molecule has 1 aliphatic carbocycles. The van der Waals surface area contributed by atoms with E-state index >= 15 is 0 Å². The zero-order valence-electron chi connectivity index (χ0n) is 11.5. The lowest BCUT2D eigenvalue weighted by atomic mass is 9.95. The van der Waals surface area contributed by atoms with Gasteiger partial charge in [0.15, 0.2) is 0 Å². The maximum absolute atomic E-state index is 12.3. The van der Waals surface area contributed by atoms with E-state index < -0.39 is 10.0 Å². The molecule has 0 aromatic heterocycles. The highest BCUT2D eigenvalue weighted by molar-refractivity contribution is 7.89. The first-order valence-corrected chi connectivity index (χ1v) is 8.25. The van der Waals surface area contributed by atoms with Crippen LogP contribution < -0.4 is 4.72 Å². The summed E-state index contributed by atoms with van der Waals surface area (Å²) in [4.78, 5) is 0.335. The maximum atomic E-state index is 12.3. The third kappa shape index (κ3) is 3.67. The Balaban J connectivity index is 2.12. The molecule has 1 aromatic carbocycles. The zero-order chi connectivity index (χ0) is 13.9. The predicted octanol–water partition coefficient (Wildman–Crippen LogP) is 3.16. The highest BCUT2D eigenvalue weighted by Gasteiger charge is 2.20. The Hall–Kier alpha value is -1.13. The predicted molar refractivity (Wildman–Crippen MR) is 77.5 cm³/mol. The lowest BCUT2D eigenvalue weighted by Gasteiger charge is -2.20. The third-order valence-corrected chi connectivity index (χ3v) is 5.10. The summed E-state index contributed by atoms with van der Waals surface area (Å²) < 4.78 is 27.3. The van der Waals surface area contributed by atoms with Crippen LogP contribution in [0.1, 0.15) is 38.2 Å².